The maximum atomic E-state index is 12.2. The van der Waals surface area contributed by atoms with Gasteiger partial charge in [0.1, 0.15) is 0 Å². The molecule has 2 aromatic rings. The van der Waals surface area contributed by atoms with Crippen LogP contribution in [0.3, 0.4) is 0 Å². The third-order valence-corrected chi connectivity index (χ3v) is 3.45. The van der Waals surface area contributed by atoms with Crippen molar-refractivity contribution in [2.45, 2.75) is 18.9 Å². The number of aromatic nitrogens is 5. The van der Waals surface area contributed by atoms with Crippen LogP contribution in [-0.2, 0) is 7.05 Å². The summed E-state index contributed by atoms with van der Waals surface area (Å²) in [5, 5.41) is 11.4. The van der Waals surface area contributed by atoms with E-state index in [9.17, 15) is 4.79 Å². The van der Waals surface area contributed by atoms with E-state index in [2.05, 4.69) is 20.6 Å². The van der Waals surface area contributed by atoms with E-state index in [0.717, 1.165) is 25.9 Å². The van der Waals surface area contributed by atoms with E-state index in [0.29, 0.717) is 17.6 Å². The van der Waals surface area contributed by atoms with E-state index in [1.54, 1.807) is 34.9 Å². The van der Waals surface area contributed by atoms with Gasteiger partial charge in [0.05, 0.1) is 12.2 Å². The number of ketones is 1. The SMILES string of the molecule is Cn1ccnc1C(=O)c1cn(C2CCNCC2)nn1. The molecule has 2 aromatic heterocycles. The zero-order valence-corrected chi connectivity index (χ0v) is 10.8. The standard InChI is InChI=1S/C12H16N6O/c1-17-7-6-14-12(17)11(19)10-8-18(16-15-10)9-2-4-13-5-3-9/h6-9,13H,2-5H2,1H3. The number of nitrogens with zero attached hydrogens (tertiary/aromatic N) is 5. The van der Waals surface area contributed by atoms with Crippen LogP contribution in [0.2, 0.25) is 0 Å². The third kappa shape index (κ3) is 2.28. The van der Waals surface area contributed by atoms with Crippen molar-refractivity contribution >= 4 is 5.78 Å². The van der Waals surface area contributed by atoms with Crippen molar-refractivity contribution in [3.63, 3.8) is 0 Å². The number of hydrogen-bond donors (Lipinski definition) is 1. The van der Waals surface area contributed by atoms with Crippen molar-refractivity contribution in [2.75, 3.05) is 13.1 Å². The number of carbonyl (C=O) groups excluding carboxylic acids is 1. The van der Waals surface area contributed by atoms with Crippen molar-refractivity contribution in [3.8, 4) is 0 Å². The number of aryl methyl sites for hydroxylation is 1. The van der Waals surface area contributed by atoms with Crippen LogP contribution in [0.4, 0.5) is 0 Å². The molecule has 0 aliphatic carbocycles. The summed E-state index contributed by atoms with van der Waals surface area (Å²) in [4.78, 5) is 16.3. The van der Waals surface area contributed by atoms with E-state index < -0.39 is 0 Å². The van der Waals surface area contributed by atoms with Crippen molar-refractivity contribution in [3.05, 3.63) is 30.1 Å². The molecule has 1 aliphatic rings. The van der Waals surface area contributed by atoms with E-state index in [1.165, 1.54) is 0 Å². The van der Waals surface area contributed by atoms with Gasteiger partial charge in [-0.25, -0.2) is 9.67 Å². The Hall–Kier alpha value is -2.02. The van der Waals surface area contributed by atoms with E-state index in [-0.39, 0.29) is 5.78 Å². The van der Waals surface area contributed by atoms with Gasteiger partial charge in [0.15, 0.2) is 11.5 Å². The first kappa shape index (κ1) is 12.0. The van der Waals surface area contributed by atoms with Crippen LogP contribution < -0.4 is 5.32 Å². The Morgan fingerprint density at radius 2 is 2.21 bits per heavy atom. The normalized spacial score (nSPS) is 16.7. The predicted molar refractivity (Wildman–Crippen MR) is 67.8 cm³/mol. The summed E-state index contributed by atoms with van der Waals surface area (Å²) in [6.45, 7) is 1.96. The highest BCUT2D eigenvalue weighted by molar-refractivity contribution is 6.05. The summed E-state index contributed by atoms with van der Waals surface area (Å²) in [5.41, 5.74) is 0.354. The number of hydrogen-bond acceptors (Lipinski definition) is 5. The van der Waals surface area contributed by atoms with Gasteiger partial charge in [-0.1, -0.05) is 5.21 Å². The first-order valence-electron chi connectivity index (χ1n) is 6.40. The summed E-state index contributed by atoms with van der Waals surface area (Å²) < 4.78 is 3.49. The molecule has 1 saturated heterocycles. The monoisotopic (exact) mass is 260 g/mol. The van der Waals surface area contributed by atoms with Gasteiger partial charge in [-0.3, -0.25) is 4.79 Å². The molecule has 0 spiro atoms. The summed E-state index contributed by atoms with van der Waals surface area (Å²) in [5.74, 6) is 0.199. The molecule has 0 bridgehead atoms. The average molecular weight is 260 g/mol. The van der Waals surface area contributed by atoms with E-state index in [1.807, 2.05) is 0 Å². The molecule has 19 heavy (non-hydrogen) atoms. The van der Waals surface area contributed by atoms with Gasteiger partial charge in [-0.05, 0) is 25.9 Å². The number of imidazole rings is 1. The molecule has 1 fully saturated rings. The first-order valence-corrected chi connectivity index (χ1v) is 6.40. The van der Waals surface area contributed by atoms with E-state index in [4.69, 9.17) is 0 Å². The highest BCUT2D eigenvalue weighted by Gasteiger charge is 2.21. The van der Waals surface area contributed by atoms with Crippen LogP contribution >= 0.6 is 0 Å². The third-order valence-electron chi connectivity index (χ3n) is 3.45. The van der Waals surface area contributed by atoms with Gasteiger partial charge < -0.3 is 9.88 Å². The molecule has 3 rings (SSSR count). The molecule has 0 radical (unpaired) electrons. The molecular formula is C12H16N6O. The van der Waals surface area contributed by atoms with Crippen LogP contribution in [-0.4, -0.2) is 43.4 Å². The minimum Gasteiger partial charge on any atom is -0.331 e. The minimum atomic E-state index is -0.187. The molecule has 7 nitrogen and oxygen atoms in total. The highest BCUT2D eigenvalue weighted by Crippen LogP contribution is 2.17. The molecule has 1 aliphatic heterocycles. The topological polar surface area (TPSA) is 77.6 Å². The van der Waals surface area contributed by atoms with Gasteiger partial charge in [-0.2, -0.15) is 0 Å². The Balaban J connectivity index is 1.81. The fraction of sp³-hybridized carbons (Fsp3) is 0.500. The zero-order chi connectivity index (χ0) is 13.2. The molecule has 100 valence electrons. The molecule has 3 heterocycles. The maximum Gasteiger partial charge on any atom is 0.250 e. The largest absolute Gasteiger partial charge is 0.331 e. The zero-order valence-electron chi connectivity index (χ0n) is 10.8. The minimum absolute atomic E-state index is 0.187. The van der Waals surface area contributed by atoms with Gasteiger partial charge in [0.2, 0.25) is 5.78 Å². The highest BCUT2D eigenvalue weighted by atomic mass is 16.1. The van der Waals surface area contributed by atoms with Crippen LogP contribution in [0, 0.1) is 0 Å². The fourth-order valence-corrected chi connectivity index (χ4v) is 2.33. The molecule has 0 aromatic carbocycles. The van der Waals surface area contributed by atoms with Gasteiger partial charge in [0.25, 0.3) is 0 Å². The second-order valence-electron chi connectivity index (χ2n) is 4.76. The lowest BCUT2D eigenvalue weighted by Crippen LogP contribution is -2.29. The summed E-state index contributed by atoms with van der Waals surface area (Å²) in [6.07, 6.45) is 7.10. The molecule has 0 unspecified atom stereocenters. The maximum absolute atomic E-state index is 12.2. The fourth-order valence-electron chi connectivity index (χ4n) is 2.33. The lowest BCUT2D eigenvalue weighted by atomic mass is 10.1. The van der Waals surface area contributed by atoms with Crippen molar-refractivity contribution in [1.29, 1.82) is 0 Å². The molecule has 1 N–H and O–H groups in total. The van der Waals surface area contributed by atoms with Crippen molar-refractivity contribution < 1.29 is 4.79 Å². The number of rotatable bonds is 3. The van der Waals surface area contributed by atoms with Gasteiger partial charge in [0, 0.05) is 19.4 Å². The van der Waals surface area contributed by atoms with Gasteiger partial charge in [-0.15, -0.1) is 5.10 Å². The molecule has 0 amide bonds. The summed E-state index contributed by atoms with van der Waals surface area (Å²) >= 11 is 0. The molecule has 0 saturated carbocycles. The lowest BCUT2D eigenvalue weighted by Gasteiger charge is -2.22. The van der Waals surface area contributed by atoms with Crippen molar-refractivity contribution in [1.82, 2.24) is 29.9 Å². The molecular weight excluding hydrogens is 244 g/mol. The summed E-state index contributed by atoms with van der Waals surface area (Å²) in [7, 11) is 1.79. The number of nitrogens with one attached hydrogen (secondary N) is 1. The van der Waals surface area contributed by atoms with Gasteiger partial charge >= 0.3 is 0 Å². The lowest BCUT2D eigenvalue weighted by molar-refractivity contribution is 0.102. The van der Waals surface area contributed by atoms with E-state index >= 15 is 0 Å². The number of carbonyl (C=O) groups is 1. The Morgan fingerprint density at radius 3 is 2.89 bits per heavy atom. The van der Waals surface area contributed by atoms with Crippen LogP contribution in [0.15, 0.2) is 18.6 Å². The summed E-state index contributed by atoms with van der Waals surface area (Å²) in [6, 6.07) is 0.330. The Kier molecular flexibility index (Phi) is 3.12. The Bertz CT molecular complexity index is 581. The Morgan fingerprint density at radius 1 is 1.42 bits per heavy atom. The van der Waals surface area contributed by atoms with Crippen LogP contribution in [0.5, 0.6) is 0 Å². The number of piperidine rings is 1. The van der Waals surface area contributed by atoms with Crippen LogP contribution in [0.25, 0.3) is 0 Å². The second kappa shape index (κ2) is 4.93. The predicted octanol–water partition coefficient (Wildman–Crippen LogP) is 0.167. The first-order chi connectivity index (χ1) is 9.25. The smallest absolute Gasteiger partial charge is 0.250 e. The van der Waals surface area contributed by atoms with Crippen LogP contribution in [0.1, 0.15) is 35.2 Å². The average Bonchev–Trinajstić information content (AvgIpc) is 3.08. The molecule has 0 atom stereocenters. The quantitative estimate of drug-likeness (QED) is 0.796. The molecule has 7 heteroatoms. The Labute approximate surface area is 110 Å². The second-order valence-corrected chi connectivity index (χ2v) is 4.76. The van der Waals surface area contributed by atoms with Crippen molar-refractivity contribution in [2.24, 2.45) is 7.05 Å².